The van der Waals surface area contributed by atoms with Gasteiger partial charge in [-0.1, -0.05) is 0 Å². The topological polar surface area (TPSA) is 85.6 Å². The van der Waals surface area contributed by atoms with Crippen molar-refractivity contribution in [2.75, 3.05) is 5.32 Å². The van der Waals surface area contributed by atoms with Gasteiger partial charge in [0.25, 0.3) is 5.91 Å². The van der Waals surface area contributed by atoms with Crippen LogP contribution in [0.3, 0.4) is 0 Å². The first-order valence-corrected chi connectivity index (χ1v) is 9.13. The molecule has 0 saturated heterocycles. The minimum atomic E-state index is -0.286. The highest BCUT2D eigenvalue weighted by atomic mass is 32.1. The van der Waals surface area contributed by atoms with E-state index in [0.29, 0.717) is 10.8 Å². The maximum atomic E-state index is 12.7. The molecular weight excluding hydrogens is 360 g/mol. The summed E-state index contributed by atoms with van der Waals surface area (Å²) in [5.74, 6) is -0.286. The number of carbonyl (C=O) groups is 1. The molecule has 0 atom stereocenters. The Morgan fingerprint density at radius 1 is 1.15 bits per heavy atom. The Bertz CT molecular complexity index is 1100. The molecule has 0 aliphatic heterocycles. The Morgan fingerprint density at radius 2 is 2.04 bits per heavy atom. The van der Waals surface area contributed by atoms with Crippen LogP contribution >= 0.6 is 11.3 Å². The lowest BCUT2D eigenvalue weighted by Gasteiger charge is -2.07. The van der Waals surface area contributed by atoms with Gasteiger partial charge in [-0.3, -0.25) is 24.6 Å². The molecule has 4 rings (SSSR count). The summed E-state index contributed by atoms with van der Waals surface area (Å²) in [6.07, 6.45) is 8.22. The predicted octanol–water partition coefficient (Wildman–Crippen LogP) is 3.65. The summed E-state index contributed by atoms with van der Waals surface area (Å²) >= 11 is 1.36. The monoisotopic (exact) mass is 376 g/mol. The molecule has 0 saturated carbocycles. The number of hydrogen-bond acceptors (Lipinski definition) is 6. The Kier molecular flexibility index (Phi) is 4.47. The zero-order valence-electron chi connectivity index (χ0n) is 14.7. The zero-order chi connectivity index (χ0) is 18.8. The normalized spacial score (nSPS) is 10.7. The van der Waals surface area contributed by atoms with Gasteiger partial charge in [0, 0.05) is 17.8 Å². The van der Waals surface area contributed by atoms with Crippen LogP contribution in [-0.2, 0) is 0 Å². The molecular formula is C19H16N6OS. The molecule has 8 heteroatoms. The molecule has 0 unspecified atom stereocenters. The van der Waals surface area contributed by atoms with E-state index in [1.807, 2.05) is 31.4 Å². The molecule has 0 aliphatic carbocycles. The highest BCUT2D eigenvalue weighted by molar-refractivity contribution is 7.14. The van der Waals surface area contributed by atoms with Gasteiger partial charge in [0.1, 0.15) is 11.4 Å². The molecule has 27 heavy (non-hydrogen) atoms. The molecule has 0 radical (unpaired) electrons. The number of pyridine rings is 2. The number of rotatable bonds is 4. The number of carbonyl (C=O) groups excluding carboxylic acids is 1. The SMILES string of the molecule is Cc1ccnc(-c2csc(NC(=O)c3cncn3-c3cccnc3)n2)c1C. The van der Waals surface area contributed by atoms with Crippen molar-refractivity contribution in [2.45, 2.75) is 13.8 Å². The van der Waals surface area contributed by atoms with Gasteiger partial charge in [-0.2, -0.15) is 0 Å². The third kappa shape index (κ3) is 3.34. The second-order valence-electron chi connectivity index (χ2n) is 5.95. The molecule has 0 aliphatic rings. The molecule has 0 fully saturated rings. The first kappa shape index (κ1) is 17.0. The van der Waals surface area contributed by atoms with Gasteiger partial charge >= 0.3 is 0 Å². The van der Waals surface area contributed by atoms with Gasteiger partial charge < -0.3 is 0 Å². The number of hydrogen-bond donors (Lipinski definition) is 1. The summed E-state index contributed by atoms with van der Waals surface area (Å²) in [6.45, 7) is 4.05. The van der Waals surface area contributed by atoms with E-state index >= 15 is 0 Å². The number of thiazole rings is 1. The number of imidazole rings is 1. The van der Waals surface area contributed by atoms with Gasteiger partial charge in [0.05, 0.1) is 30.1 Å². The Labute approximate surface area is 159 Å². The summed E-state index contributed by atoms with van der Waals surface area (Å²) in [5.41, 5.74) is 4.97. The zero-order valence-corrected chi connectivity index (χ0v) is 15.6. The van der Waals surface area contributed by atoms with Gasteiger partial charge in [-0.15, -0.1) is 11.3 Å². The van der Waals surface area contributed by atoms with Crippen LogP contribution in [0.25, 0.3) is 17.1 Å². The number of aryl methyl sites for hydroxylation is 1. The van der Waals surface area contributed by atoms with Crippen molar-refractivity contribution in [1.82, 2.24) is 24.5 Å². The van der Waals surface area contributed by atoms with Crippen molar-refractivity contribution in [3.05, 3.63) is 71.5 Å². The summed E-state index contributed by atoms with van der Waals surface area (Å²) in [5, 5.41) is 5.24. The van der Waals surface area contributed by atoms with Crippen LogP contribution in [0.15, 0.2) is 54.7 Å². The number of aromatic nitrogens is 5. The molecule has 0 aromatic carbocycles. The quantitative estimate of drug-likeness (QED) is 0.587. The molecule has 1 N–H and O–H groups in total. The van der Waals surface area contributed by atoms with Crippen LogP contribution in [-0.4, -0.2) is 30.4 Å². The fourth-order valence-corrected chi connectivity index (χ4v) is 3.35. The maximum Gasteiger partial charge on any atom is 0.276 e. The van der Waals surface area contributed by atoms with Crippen LogP contribution in [0.4, 0.5) is 5.13 Å². The highest BCUT2D eigenvalue weighted by Crippen LogP contribution is 2.27. The summed E-state index contributed by atoms with van der Waals surface area (Å²) in [7, 11) is 0. The lowest BCUT2D eigenvalue weighted by molar-refractivity contribution is 0.102. The van der Waals surface area contributed by atoms with Crippen LogP contribution < -0.4 is 5.32 Å². The van der Waals surface area contributed by atoms with Crippen LogP contribution in [0.5, 0.6) is 0 Å². The molecule has 7 nitrogen and oxygen atoms in total. The fraction of sp³-hybridized carbons (Fsp3) is 0.105. The van der Waals surface area contributed by atoms with Gasteiger partial charge in [0.2, 0.25) is 0 Å². The van der Waals surface area contributed by atoms with E-state index in [4.69, 9.17) is 0 Å². The third-order valence-corrected chi connectivity index (χ3v) is 5.00. The Hall–Kier alpha value is -3.39. The second kappa shape index (κ2) is 7.08. The van der Waals surface area contributed by atoms with E-state index < -0.39 is 0 Å². The van der Waals surface area contributed by atoms with Crippen LogP contribution in [0, 0.1) is 13.8 Å². The van der Waals surface area contributed by atoms with E-state index in [2.05, 4.69) is 25.3 Å². The number of nitrogens with one attached hydrogen (secondary N) is 1. The molecule has 0 bridgehead atoms. The average molecular weight is 376 g/mol. The van der Waals surface area contributed by atoms with E-state index in [-0.39, 0.29) is 5.91 Å². The Balaban J connectivity index is 1.58. The first-order valence-electron chi connectivity index (χ1n) is 8.25. The van der Waals surface area contributed by atoms with Gasteiger partial charge in [-0.05, 0) is 43.2 Å². The van der Waals surface area contributed by atoms with Crippen molar-refractivity contribution >= 4 is 22.4 Å². The smallest absolute Gasteiger partial charge is 0.276 e. The van der Waals surface area contributed by atoms with Crippen LogP contribution in [0.2, 0.25) is 0 Å². The average Bonchev–Trinajstić information content (AvgIpc) is 3.34. The van der Waals surface area contributed by atoms with Crippen molar-refractivity contribution in [3.8, 4) is 17.1 Å². The van der Waals surface area contributed by atoms with E-state index in [1.165, 1.54) is 17.5 Å². The number of nitrogens with zero attached hydrogens (tertiary/aromatic N) is 5. The minimum absolute atomic E-state index is 0.286. The third-order valence-electron chi connectivity index (χ3n) is 4.24. The first-order chi connectivity index (χ1) is 13.1. The standard InChI is InChI=1S/C19H16N6OS/c1-12-5-7-22-17(13(12)2)15-10-27-19(23-15)24-18(26)16-9-21-11-25(16)14-4-3-6-20-8-14/h3-11H,1-2H3,(H,23,24,26). The van der Waals surface area contributed by atoms with Crippen molar-refractivity contribution in [1.29, 1.82) is 0 Å². The summed E-state index contributed by atoms with van der Waals surface area (Å²) < 4.78 is 1.68. The second-order valence-corrected chi connectivity index (χ2v) is 6.81. The molecule has 4 aromatic rings. The van der Waals surface area contributed by atoms with Gasteiger partial charge in [-0.25, -0.2) is 9.97 Å². The minimum Gasteiger partial charge on any atom is -0.296 e. The van der Waals surface area contributed by atoms with Crippen LogP contribution in [0.1, 0.15) is 21.6 Å². The number of anilines is 1. The molecule has 4 heterocycles. The van der Waals surface area contributed by atoms with Crippen molar-refractivity contribution in [3.63, 3.8) is 0 Å². The summed E-state index contributed by atoms with van der Waals surface area (Å²) in [4.78, 5) is 29.8. The molecule has 134 valence electrons. The van der Waals surface area contributed by atoms with E-state index in [1.54, 1.807) is 35.6 Å². The van der Waals surface area contributed by atoms with E-state index in [9.17, 15) is 4.79 Å². The lowest BCUT2D eigenvalue weighted by atomic mass is 10.1. The predicted molar refractivity (Wildman–Crippen MR) is 104 cm³/mol. The molecule has 4 aromatic heterocycles. The Morgan fingerprint density at radius 3 is 2.85 bits per heavy atom. The lowest BCUT2D eigenvalue weighted by Crippen LogP contribution is -2.16. The van der Waals surface area contributed by atoms with Crippen molar-refractivity contribution < 1.29 is 4.79 Å². The molecule has 1 amide bonds. The van der Waals surface area contributed by atoms with Crippen molar-refractivity contribution in [2.24, 2.45) is 0 Å². The molecule has 0 spiro atoms. The fourth-order valence-electron chi connectivity index (χ4n) is 2.66. The van der Waals surface area contributed by atoms with Gasteiger partial charge in [0.15, 0.2) is 5.13 Å². The number of amides is 1. The maximum absolute atomic E-state index is 12.7. The largest absolute Gasteiger partial charge is 0.296 e. The van der Waals surface area contributed by atoms with E-state index in [0.717, 1.165) is 28.2 Å². The highest BCUT2D eigenvalue weighted by Gasteiger charge is 2.16. The summed E-state index contributed by atoms with van der Waals surface area (Å²) in [6, 6.07) is 5.63.